The van der Waals surface area contributed by atoms with E-state index in [0.29, 0.717) is 0 Å². The molecule has 10 rings (SSSR count). The quantitative estimate of drug-likeness (QED) is 0.164. The summed E-state index contributed by atoms with van der Waals surface area (Å²) < 4.78 is 57.4. The number of aliphatic hydroxyl groups is 4. The number of hydrogen-bond acceptors (Lipinski definition) is 14. The smallest absolute Gasteiger partial charge is 2.00 e. The number of rotatable bonds is 0. The van der Waals surface area contributed by atoms with Crippen molar-refractivity contribution in [3.63, 3.8) is 0 Å². The second-order valence-electron chi connectivity index (χ2n) is 7.94. The molecule has 37 heavy (non-hydrogen) atoms. The van der Waals surface area contributed by atoms with E-state index in [1.54, 1.807) is 0 Å². The summed E-state index contributed by atoms with van der Waals surface area (Å²) in [5.41, 5.74) is -2.93. The zero-order valence-corrected chi connectivity index (χ0v) is 28.7. The van der Waals surface area contributed by atoms with E-state index in [1.807, 2.05) is 0 Å². The van der Waals surface area contributed by atoms with Gasteiger partial charge in [-0.05, 0) is 0 Å². The molecule has 0 saturated carbocycles. The van der Waals surface area contributed by atoms with Crippen LogP contribution in [0.2, 0.25) is 0 Å². The van der Waals surface area contributed by atoms with Gasteiger partial charge >= 0.3 is 185 Å². The third-order valence-electron chi connectivity index (χ3n) is 5.92. The first-order valence-corrected chi connectivity index (χ1v) is 23.0. The van der Waals surface area contributed by atoms with Gasteiger partial charge in [-0.1, -0.05) is 0 Å². The van der Waals surface area contributed by atoms with Crippen LogP contribution in [-0.2, 0) is 47.6 Å². The van der Waals surface area contributed by atoms with Gasteiger partial charge in [-0.25, -0.2) is 0 Å². The molecule has 20 N–H and O–H groups in total. The second kappa shape index (κ2) is 11.7. The van der Waals surface area contributed by atoms with Gasteiger partial charge in [0.05, 0.1) is 0 Å². The molecule has 10 saturated heterocycles. The van der Waals surface area contributed by atoms with E-state index >= 15 is 0 Å². The Hall–Kier alpha value is 1.51. The van der Waals surface area contributed by atoms with Crippen LogP contribution in [0.5, 0.6) is 0 Å². The van der Waals surface area contributed by atoms with E-state index in [9.17, 15) is 20.4 Å². The third kappa shape index (κ3) is 5.18. The molecule has 0 aromatic carbocycles. The topological polar surface area (TPSA) is 425 Å². The molecule has 224 valence electrons. The van der Waals surface area contributed by atoms with Gasteiger partial charge < -0.3 is 43.8 Å². The largest absolute Gasteiger partial charge is 2.00 e. The first-order chi connectivity index (χ1) is 13.1. The summed E-state index contributed by atoms with van der Waals surface area (Å²) in [7, 11) is 0. The van der Waals surface area contributed by atoms with Crippen LogP contribution in [0.1, 0.15) is 25.7 Å². The van der Waals surface area contributed by atoms with Crippen molar-refractivity contribution in [1.29, 1.82) is 0 Å². The maximum Gasteiger partial charge on any atom is 2.00 e. The zero-order valence-electron chi connectivity index (χ0n) is 18.8. The second-order valence-corrected chi connectivity index (χ2v) is 27.5. The molecule has 0 aromatic heterocycles. The summed E-state index contributed by atoms with van der Waals surface area (Å²) in [5.74, 6) is 0. The molecular formula is C12H34Bi2O22Zn+2. The molecule has 10 heterocycles. The molecule has 10 fully saturated rings. The standard InChI is InChI=1S/2C6H9O7.2Bi.8H2O.Zn/c2*7-3(8)1-6(13,5(11)12)2-4(9)10;;;;;;;;;;;/h2*3-5,7,11H,1-2H2;;;8*1H2;/q2*-5;2*+5;;;;;;;;;+2. The molecule has 6 atom stereocenters. The minimum atomic E-state index is -5.80. The summed E-state index contributed by atoms with van der Waals surface area (Å²) in [6.45, 7) is 0. The van der Waals surface area contributed by atoms with Gasteiger partial charge in [-0.15, -0.1) is 0 Å². The maximum absolute atomic E-state index is 10.6. The van der Waals surface area contributed by atoms with Crippen molar-refractivity contribution in [3.8, 4) is 0 Å². The molecule has 10 aliphatic rings. The third-order valence-corrected chi connectivity index (χ3v) is 28.9. The summed E-state index contributed by atoms with van der Waals surface area (Å²) >= 11 is -11.6. The number of hydrogen-bond donors (Lipinski definition) is 4. The fourth-order valence-electron chi connectivity index (χ4n) is 4.90. The molecule has 6 bridgehead atoms. The first kappa shape index (κ1) is 43.0. The van der Waals surface area contributed by atoms with Gasteiger partial charge in [-0.3, -0.25) is 0 Å². The van der Waals surface area contributed by atoms with E-state index in [-0.39, 0.29) is 89.0 Å². The Bertz CT molecular complexity index is 734. The Morgan fingerprint density at radius 3 is 1.05 bits per heavy atom. The van der Waals surface area contributed by atoms with Gasteiger partial charge in [-0.2, -0.15) is 0 Å². The van der Waals surface area contributed by atoms with Gasteiger partial charge in [0.1, 0.15) is 0 Å². The Balaban J connectivity index is -0.00000128. The Morgan fingerprint density at radius 1 is 0.459 bits per heavy atom. The van der Waals surface area contributed by atoms with E-state index < -0.39 is 90.9 Å². The Labute approximate surface area is 227 Å². The van der Waals surface area contributed by atoms with Crippen molar-refractivity contribution < 1.29 is 112 Å². The van der Waals surface area contributed by atoms with Crippen molar-refractivity contribution in [2.75, 3.05) is 0 Å². The average molecular weight is 1010 g/mol. The van der Waals surface area contributed by atoms with Crippen LogP contribution in [0.25, 0.3) is 0 Å². The molecular weight excluding hydrogens is 979 g/mol. The SMILES string of the molecule is O.O.O.O.O.O.O.O.OC1CC23CC4[O][Bi]56([O]C(O)CC(CC7[O][Bi]([O]1)([O]7)([O]C2O)[O]3)([O]5)C(O)[O]6)[O]4.[Zn+2]. The molecule has 0 radical (unpaired) electrons. The number of aliphatic hydroxyl groups excluding tert-OH is 4. The average Bonchev–Trinajstić information content (AvgIpc) is 2.79. The predicted octanol–water partition coefficient (Wildman–Crippen LogP) is -9.62. The summed E-state index contributed by atoms with van der Waals surface area (Å²) in [6, 6.07) is 0. The van der Waals surface area contributed by atoms with E-state index in [4.69, 9.17) is 28.1 Å². The van der Waals surface area contributed by atoms with Crippen molar-refractivity contribution in [2.24, 2.45) is 0 Å². The van der Waals surface area contributed by atoms with Crippen molar-refractivity contribution in [3.05, 3.63) is 0 Å². The van der Waals surface area contributed by atoms with E-state index in [2.05, 4.69) is 0 Å². The summed E-state index contributed by atoms with van der Waals surface area (Å²) in [4.78, 5) is 0. The first-order valence-electron chi connectivity index (χ1n) is 8.78. The molecule has 0 aliphatic carbocycles. The van der Waals surface area contributed by atoms with E-state index in [0.717, 1.165) is 0 Å². The minimum Gasteiger partial charge on any atom is 2.00 e. The summed E-state index contributed by atoms with van der Waals surface area (Å²) in [5, 5.41) is 41.6. The van der Waals surface area contributed by atoms with Gasteiger partial charge in [0, 0.05) is 0 Å². The van der Waals surface area contributed by atoms with Gasteiger partial charge in [0.25, 0.3) is 0 Å². The van der Waals surface area contributed by atoms with Crippen LogP contribution in [0.15, 0.2) is 0 Å². The Morgan fingerprint density at radius 2 is 0.757 bits per heavy atom. The van der Waals surface area contributed by atoms with Crippen LogP contribution in [0, 0.1) is 0 Å². The van der Waals surface area contributed by atoms with E-state index in [1.165, 1.54) is 0 Å². The van der Waals surface area contributed by atoms with Crippen molar-refractivity contribution in [1.82, 2.24) is 0 Å². The van der Waals surface area contributed by atoms with Crippen molar-refractivity contribution >= 4 is 42.0 Å². The molecule has 0 amide bonds. The fourth-order valence-corrected chi connectivity index (χ4v) is 29.6. The molecule has 25 heteroatoms. The molecule has 10 aliphatic heterocycles. The molecule has 6 unspecified atom stereocenters. The zero-order chi connectivity index (χ0) is 19.3. The van der Waals surface area contributed by atoms with Gasteiger partial charge in [0.15, 0.2) is 0 Å². The Kier molecular flexibility index (Phi) is 13.5. The van der Waals surface area contributed by atoms with Crippen molar-refractivity contribution in [2.45, 2.75) is 74.6 Å². The summed E-state index contributed by atoms with van der Waals surface area (Å²) in [6.07, 6.45) is -8.29. The van der Waals surface area contributed by atoms with Crippen LogP contribution >= 0.6 is 0 Å². The van der Waals surface area contributed by atoms with Crippen LogP contribution in [0.4, 0.5) is 0 Å². The monoisotopic (exact) mass is 1010 g/mol. The van der Waals surface area contributed by atoms with Crippen LogP contribution in [0.3, 0.4) is 0 Å². The maximum atomic E-state index is 10.6. The van der Waals surface area contributed by atoms with Crippen LogP contribution < -0.4 is 0 Å². The molecule has 0 aromatic rings. The fraction of sp³-hybridized carbons (Fsp3) is 1.00. The normalized spacial score (nSPS) is 48.1. The molecule has 2 spiro atoms. The van der Waals surface area contributed by atoms with Gasteiger partial charge in [0.2, 0.25) is 0 Å². The molecule has 22 nitrogen and oxygen atoms in total. The van der Waals surface area contributed by atoms with Crippen LogP contribution in [-0.4, -0.2) is 155 Å². The minimum absolute atomic E-state index is 0. The predicted molar refractivity (Wildman–Crippen MR) is 107 cm³/mol.